The summed E-state index contributed by atoms with van der Waals surface area (Å²) in [5, 5.41) is 0. The summed E-state index contributed by atoms with van der Waals surface area (Å²) in [4.78, 5) is 23.3. The fraction of sp³-hybridized carbons (Fsp3) is 0.0909. The van der Waals surface area contributed by atoms with E-state index in [-0.39, 0.29) is 11.5 Å². The van der Waals surface area contributed by atoms with Gasteiger partial charge in [0.1, 0.15) is 0 Å². The number of aromatic nitrogens is 2. The molecule has 15 heavy (non-hydrogen) atoms. The van der Waals surface area contributed by atoms with Gasteiger partial charge >= 0.3 is 0 Å². The number of rotatable bonds is 0. The largest absolute Gasteiger partial charge is 0.277 e. The number of benzene rings is 1. The molecule has 0 aliphatic carbocycles. The van der Waals surface area contributed by atoms with Crippen molar-refractivity contribution in [3.05, 3.63) is 58.0 Å². The number of carbonyl (C=O) groups excluding carboxylic acids is 1. The Balaban J connectivity index is 2.30. The fourth-order valence-corrected chi connectivity index (χ4v) is 1.89. The zero-order valence-electron chi connectivity index (χ0n) is 7.88. The third-order valence-corrected chi connectivity index (χ3v) is 2.65. The lowest BCUT2D eigenvalue weighted by Crippen LogP contribution is -2.33. The quantitative estimate of drug-likeness (QED) is 0.536. The van der Waals surface area contributed by atoms with Crippen LogP contribution in [0.2, 0.25) is 0 Å². The second-order valence-electron chi connectivity index (χ2n) is 3.52. The van der Waals surface area contributed by atoms with Gasteiger partial charge in [-0.05, 0) is 11.6 Å². The maximum atomic E-state index is 11.9. The summed E-state index contributed by atoms with van der Waals surface area (Å²) in [5.74, 6) is -0.140. The average molecular weight is 200 g/mol. The van der Waals surface area contributed by atoms with Crippen LogP contribution in [0.15, 0.2) is 41.3 Å². The molecule has 0 N–H and O–H groups in total. The van der Waals surface area contributed by atoms with E-state index < -0.39 is 0 Å². The molecule has 1 aliphatic rings. The van der Waals surface area contributed by atoms with Crippen LogP contribution < -0.4 is 5.56 Å². The van der Waals surface area contributed by atoms with Crippen molar-refractivity contribution < 1.29 is 4.79 Å². The van der Waals surface area contributed by atoms with Crippen molar-refractivity contribution in [1.29, 1.82) is 0 Å². The highest BCUT2D eigenvalue weighted by atomic mass is 16.2. The summed E-state index contributed by atoms with van der Waals surface area (Å²) in [5.41, 5.74) is 1.43. The van der Waals surface area contributed by atoms with Gasteiger partial charge in [-0.1, -0.05) is 18.2 Å². The number of carbonyl (C=O) groups is 1. The smallest absolute Gasteiger partial charge is 0.268 e. The summed E-state index contributed by atoms with van der Waals surface area (Å²) in [6, 6.07) is 8.76. The highest BCUT2D eigenvalue weighted by molar-refractivity contribution is 5.97. The van der Waals surface area contributed by atoms with Crippen molar-refractivity contribution in [2.75, 3.05) is 0 Å². The van der Waals surface area contributed by atoms with Crippen molar-refractivity contribution >= 4 is 5.91 Å². The maximum absolute atomic E-state index is 11.9. The normalized spacial score (nSPS) is 13.5. The second kappa shape index (κ2) is 2.70. The molecule has 0 saturated heterocycles. The van der Waals surface area contributed by atoms with Crippen molar-refractivity contribution in [3.63, 3.8) is 0 Å². The van der Waals surface area contributed by atoms with Crippen LogP contribution in [0.25, 0.3) is 0 Å². The molecule has 0 spiro atoms. The first-order chi connectivity index (χ1) is 7.27. The van der Waals surface area contributed by atoms with E-state index in [1.54, 1.807) is 6.07 Å². The summed E-state index contributed by atoms with van der Waals surface area (Å²) < 4.78 is 2.80. The molecule has 1 aromatic heterocycles. The lowest BCUT2D eigenvalue weighted by Gasteiger charge is -2.18. The van der Waals surface area contributed by atoms with Gasteiger partial charge in [0.2, 0.25) is 0 Å². The Labute approximate surface area is 85.4 Å². The first kappa shape index (κ1) is 8.23. The van der Waals surface area contributed by atoms with Crippen LogP contribution in [0, 0.1) is 0 Å². The van der Waals surface area contributed by atoms with Crippen molar-refractivity contribution in [3.8, 4) is 0 Å². The molecule has 4 nitrogen and oxygen atoms in total. The molecular formula is C11H8N2O2. The number of hydrogen-bond donors (Lipinski definition) is 0. The SMILES string of the molecule is O=C1c2ccccc2Cn2c(=O)ccn21. The van der Waals surface area contributed by atoms with E-state index in [9.17, 15) is 9.59 Å². The molecule has 0 unspecified atom stereocenters. The summed E-state index contributed by atoms with van der Waals surface area (Å²) in [6.07, 6.45) is 1.51. The summed E-state index contributed by atoms with van der Waals surface area (Å²) >= 11 is 0. The maximum Gasteiger partial charge on any atom is 0.277 e. The Kier molecular flexibility index (Phi) is 1.48. The molecule has 1 aliphatic heterocycles. The van der Waals surface area contributed by atoms with Crippen LogP contribution >= 0.6 is 0 Å². The van der Waals surface area contributed by atoms with E-state index >= 15 is 0 Å². The molecule has 2 heterocycles. The molecular weight excluding hydrogens is 192 g/mol. The second-order valence-corrected chi connectivity index (χ2v) is 3.52. The Morgan fingerprint density at radius 1 is 1.07 bits per heavy atom. The lowest BCUT2D eigenvalue weighted by molar-refractivity contribution is 0.0916. The van der Waals surface area contributed by atoms with E-state index in [4.69, 9.17) is 0 Å². The van der Waals surface area contributed by atoms with Crippen molar-refractivity contribution in [2.45, 2.75) is 6.54 Å². The minimum Gasteiger partial charge on any atom is -0.268 e. The molecule has 1 aromatic carbocycles. The van der Waals surface area contributed by atoms with Gasteiger partial charge in [0, 0.05) is 17.8 Å². The Bertz CT molecular complexity index is 607. The molecule has 0 atom stereocenters. The predicted molar refractivity (Wildman–Crippen MR) is 54.0 cm³/mol. The van der Waals surface area contributed by atoms with Gasteiger partial charge in [0.25, 0.3) is 11.5 Å². The van der Waals surface area contributed by atoms with Gasteiger partial charge in [-0.15, -0.1) is 0 Å². The Morgan fingerprint density at radius 3 is 2.73 bits per heavy atom. The van der Waals surface area contributed by atoms with E-state index in [2.05, 4.69) is 0 Å². The van der Waals surface area contributed by atoms with Gasteiger partial charge < -0.3 is 0 Å². The minimum absolute atomic E-state index is 0.140. The van der Waals surface area contributed by atoms with E-state index in [1.807, 2.05) is 18.2 Å². The van der Waals surface area contributed by atoms with Gasteiger partial charge in [0.05, 0.1) is 6.54 Å². The third-order valence-electron chi connectivity index (χ3n) is 2.65. The predicted octanol–water partition coefficient (Wildman–Crippen LogP) is 0.700. The zero-order chi connectivity index (χ0) is 10.4. The molecule has 2 aromatic rings. The zero-order valence-corrected chi connectivity index (χ0v) is 7.88. The fourth-order valence-electron chi connectivity index (χ4n) is 1.89. The van der Waals surface area contributed by atoms with Crippen LogP contribution in [0.1, 0.15) is 15.9 Å². The molecule has 0 bridgehead atoms. The highest BCUT2D eigenvalue weighted by Crippen LogP contribution is 2.15. The molecule has 0 saturated carbocycles. The molecule has 0 amide bonds. The first-order valence-corrected chi connectivity index (χ1v) is 4.68. The summed E-state index contributed by atoms with van der Waals surface area (Å²) in [7, 11) is 0. The van der Waals surface area contributed by atoms with Crippen LogP contribution in [0.5, 0.6) is 0 Å². The van der Waals surface area contributed by atoms with Crippen molar-refractivity contribution in [1.82, 2.24) is 9.36 Å². The van der Waals surface area contributed by atoms with E-state index in [1.165, 1.54) is 21.6 Å². The third kappa shape index (κ3) is 1.01. The molecule has 74 valence electrons. The topological polar surface area (TPSA) is 44.0 Å². The number of fused-ring (bicyclic) bond motifs is 2. The molecule has 0 fully saturated rings. The average Bonchev–Trinajstić information content (AvgIpc) is 2.62. The standard InChI is InChI=1S/C11H8N2O2/c14-10-5-6-12-11(15)9-4-2-1-3-8(9)7-13(10)12/h1-6H,7H2. The van der Waals surface area contributed by atoms with Crippen LogP contribution in [-0.2, 0) is 6.54 Å². The highest BCUT2D eigenvalue weighted by Gasteiger charge is 2.21. The van der Waals surface area contributed by atoms with Gasteiger partial charge in [0.15, 0.2) is 0 Å². The van der Waals surface area contributed by atoms with Crippen LogP contribution in [0.3, 0.4) is 0 Å². The van der Waals surface area contributed by atoms with Gasteiger partial charge in [-0.2, -0.15) is 0 Å². The molecule has 3 rings (SSSR count). The Hall–Kier alpha value is -2.10. The monoisotopic (exact) mass is 200 g/mol. The first-order valence-electron chi connectivity index (χ1n) is 4.68. The van der Waals surface area contributed by atoms with Gasteiger partial charge in [-0.25, -0.2) is 9.36 Å². The van der Waals surface area contributed by atoms with Crippen molar-refractivity contribution in [2.24, 2.45) is 0 Å². The molecule has 4 heteroatoms. The van der Waals surface area contributed by atoms with E-state index in [0.717, 1.165) is 5.56 Å². The summed E-state index contributed by atoms with van der Waals surface area (Å²) in [6.45, 7) is 0.466. The Morgan fingerprint density at radius 2 is 1.87 bits per heavy atom. The van der Waals surface area contributed by atoms with Crippen LogP contribution in [0.4, 0.5) is 0 Å². The van der Waals surface area contributed by atoms with Crippen LogP contribution in [-0.4, -0.2) is 15.3 Å². The van der Waals surface area contributed by atoms with Gasteiger partial charge in [-0.3, -0.25) is 9.59 Å². The lowest BCUT2D eigenvalue weighted by atomic mass is 10.1. The number of hydrogen-bond acceptors (Lipinski definition) is 2. The molecule has 0 radical (unpaired) electrons. The minimum atomic E-state index is -0.141. The number of nitrogens with zero attached hydrogens (tertiary/aromatic N) is 2. The van der Waals surface area contributed by atoms with E-state index in [0.29, 0.717) is 12.1 Å².